The Balaban J connectivity index is 5.54. The first-order valence-electron chi connectivity index (χ1n) is 10.3. The first kappa shape index (κ1) is 29.7. The van der Waals surface area contributed by atoms with Crippen molar-refractivity contribution in [1.29, 1.82) is 0 Å². The van der Waals surface area contributed by atoms with E-state index in [2.05, 4.69) is 10.6 Å². The minimum atomic E-state index is -1.69. The summed E-state index contributed by atoms with van der Waals surface area (Å²) in [7, 11) is 0. The molecule has 0 aliphatic rings. The maximum atomic E-state index is 12.8. The molecule has 0 spiro atoms. The van der Waals surface area contributed by atoms with Crippen LogP contribution in [0, 0.1) is 5.92 Å². The number of hydrogen-bond acceptors (Lipinski definition) is 8. The van der Waals surface area contributed by atoms with Gasteiger partial charge in [0, 0.05) is 6.42 Å². The second-order valence-electron chi connectivity index (χ2n) is 7.77. The second-order valence-corrected chi connectivity index (χ2v) is 7.77. The number of primary amides is 2. The van der Waals surface area contributed by atoms with E-state index in [1.54, 1.807) is 6.92 Å². The van der Waals surface area contributed by atoms with Gasteiger partial charge in [-0.2, -0.15) is 0 Å². The van der Waals surface area contributed by atoms with E-state index in [-0.39, 0.29) is 18.8 Å². The van der Waals surface area contributed by atoms with Crippen molar-refractivity contribution in [3.05, 3.63) is 0 Å². The molecule has 14 nitrogen and oxygen atoms in total. The van der Waals surface area contributed by atoms with Gasteiger partial charge in [0.15, 0.2) is 0 Å². The Morgan fingerprint density at radius 1 is 0.848 bits per heavy atom. The lowest BCUT2D eigenvalue weighted by molar-refractivity contribution is -0.144. The highest BCUT2D eigenvalue weighted by Crippen LogP contribution is 2.07. The monoisotopic (exact) mass is 474 g/mol. The molecule has 0 radical (unpaired) electrons. The van der Waals surface area contributed by atoms with E-state index in [4.69, 9.17) is 22.3 Å². The highest BCUT2D eigenvalue weighted by atomic mass is 16.4. The van der Waals surface area contributed by atoms with E-state index in [0.717, 1.165) is 6.92 Å². The molecular formula is C19H34N6O8. The van der Waals surface area contributed by atoms with Crippen LogP contribution in [0.25, 0.3) is 0 Å². The first-order valence-corrected chi connectivity index (χ1v) is 10.3. The van der Waals surface area contributed by atoms with Crippen molar-refractivity contribution in [3.63, 3.8) is 0 Å². The molecule has 6 unspecified atom stereocenters. The lowest BCUT2D eigenvalue weighted by Gasteiger charge is -2.27. The third kappa shape index (κ3) is 10.7. The molecule has 14 heteroatoms. The summed E-state index contributed by atoms with van der Waals surface area (Å²) < 4.78 is 0. The molecular weight excluding hydrogens is 440 g/mol. The number of amides is 5. The fourth-order valence-corrected chi connectivity index (χ4v) is 2.66. The smallest absolute Gasteiger partial charge is 0.326 e. The average molecular weight is 475 g/mol. The Morgan fingerprint density at radius 2 is 1.39 bits per heavy atom. The Kier molecular flexibility index (Phi) is 12.6. The zero-order valence-corrected chi connectivity index (χ0v) is 18.9. The van der Waals surface area contributed by atoms with Crippen LogP contribution in [0.1, 0.15) is 46.5 Å². The Morgan fingerprint density at radius 3 is 1.82 bits per heavy atom. The molecule has 0 aromatic heterocycles. The van der Waals surface area contributed by atoms with Crippen LogP contribution in [0.15, 0.2) is 0 Å². The topological polar surface area (TPSA) is 257 Å². The molecule has 0 bridgehead atoms. The van der Waals surface area contributed by atoms with Crippen LogP contribution in [0.5, 0.6) is 0 Å². The molecule has 0 fully saturated rings. The Bertz CT molecular complexity index is 744. The van der Waals surface area contributed by atoms with E-state index in [1.165, 1.54) is 0 Å². The molecule has 5 amide bonds. The van der Waals surface area contributed by atoms with E-state index < -0.39 is 72.2 Å². The number of aliphatic carboxylic acids is 1. The third-order valence-corrected chi connectivity index (χ3v) is 4.95. The SMILES string of the molecule is CCC(C)C(N)C(=O)NC(CCC(N)=O)C(=O)NC(C(=O)NC(CC(N)=O)C(=O)O)C(C)O. The van der Waals surface area contributed by atoms with Gasteiger partial charge in [-0.25, -0.2) is 4.79 Å². The number of nitrogens with two attached hydrogens (primary N) is 3. The van der Waals surface area contributed by atoms with Crippen LogP contribution in [-0.2, 0) is 28.8 Å². The van der Waals surface area contributed by atoms with Gasteiger partial charge >= 0.3 is 5.97 Å². The highest BCUT2D eigenvalue weighted by molar-refractivity contribution is 5.95. The molecule has 188 valence electrons. The molecule has 0 aromatic rings. The van der Waals surface area contributed by atoms with Crippen molar-refractivity contribution in [2.45, 2.75) is 76.7 Å². The van der Waals surface area contributed by atoms with E-state index >= 15 is 0 Å². The number of aliphatic hydroxyl groups is 1. The number of carbonyl (C=O) groups excluding carboxylic acids is 5. The number of carboxylic acids is 1. The van der Waals surface area contributed by atoms with E-state index in [1.807, 2.05) is 12.2 Å². The van der Waals surface area contributed by atoms with Gasteiger partial charge in [-0.05, 0) is 19.3 Å². The summed E-state index contributed by atoms with van der Waals surface area (Å²) in [6, 6.07) is -5.61. The van der Waals surface area contributed by atoms with E-state index in [0.29, 0.717) is 6.42 Å². The van der Waals surface area contributed by atoms with Gasteiger partial charge < -0.3 is 43.4 Å². The lowest BCUT2D eigenvalue weighted by atomic mass is 9.98. The van der Waals surface area contributed by atoms with Gasteiger partial charge in [0.2, 0.25) is 29.5 Å². The summed E-state index contributed by atoms with van der Waals surface area (Å²) in [5, 5.41) is 25.7. The zero-order valence-electron chi connectivity index (χ0n) is 18.9. The highest BCUT2D eigenvalue weighted by Gasteiger charge is 2.33. The van der Waals surface area contributed by atoms with Crippen LogP contribution < -0.4 is 33.2 Å². The molecule has 0 aliphatic heterocycles. The van der Waals surface area contributed by atoms with Crippen molar-refractivity contribution in [2.75, 3.05) is 0 Å². The predicted molar refractivity (Wildman–Crippen MR) is 115 cm³/mol. The summed E-state index contributed by atoms with van der Waals surface area (Å²) in [5.41, 5.74) is 15.9. The summed E-state index contributed by atoms with van der Waals surface area (Å²) >= 11 is 0. The van der Waals surface area contributed by atoms with Crippen LogP contribution in [0.3, 0.4) is 0 Å². The van der Waals surface area contributed by atoms with Gasteiger partial charge in [-0.1, -0.05) is 20.3 Å². The zero-order chi connectivity index (χ0) is 25.9. The Hall–Kier alpha value is -3.26. The number of aliphatic hydroxyl groups excluding tert-OH is 1. The summed E-state index contributed by atoms with van der Waals surface area (Å²) in [6.45, 7) is 4.72. The average Bonchev–Trinajstić information content (AvgIpc) is 2.71. The molecule has 0 aromatic carbocycles. The Labute approximate surface area is 191 Å². The molecule has 0 rings (SSSR count). The molecule has 0 saturated carbocycles. The van der Waals surface area contributed by atoms with Gasteiger partial charge in [0.25, 0.3) is 0 Å². The second kappa shape index (κ2) is 14.0. The number of carboxylic acid groups (broad SMARTS) is 1. The minimum Gasteiger partial charge on any atom is -0.480 e. The molecule has 0 aliphatic carbocycles. The quantitative estimate of drug-likeness (QED) is 0.116. The fraction of sp³-hybridized carbons (Fsp3) is 0.684. The number of rotatable bonds is 15. The summed E-state index contributed by atoms with van der Waals surface area (Å²) in [6.07, 6.45) is -2.11. The standard InChI is InChI=1S/C19H34N6O8/c1-4-8(2)14(22)17(30)23-10(5-6-12(20)27)16(29)25-15(9(3)26)18(31)24-11(19(32)33)7-13(21)28/h8-11,14-15,26H,4-7,22H2,1-3H3,(H2,20,27)(H2,21,28)(H,23,30)(H,24,31)(H,25,29)(H,32,33). The minimum absolute atomic E-state index is 0.209. The number of nitrogens with one attached hydrogen (secondary N) is 3. The summed E-state index contributed by atoms with van der Waals surface area (Å²) in [4.78, 5) is 71.1. The van der Waals surface area contributed by atoms with Crippen LogP contribution in [0.4, 0.5) is 0 Å². The van der Waals surface area contributed by atoms with Gasteiger partial charge in [-0.3, -0.25) is 24.0 Å². The van der Waals surface area contributed by atoms with E-state index in [9.17, 15) is 33.9 Å². The van der Waals surface area contributed by atoms with Crippen LogP contribution in [0.2, 0.25) is 0 Å². The van der Waals surface area contributed by atoms with Crippen molar-refractivity contribution in [2.24, 2.45) is 23.1 Å². The lowest BCUT2D eigenvalue weighted by Crippen LogP contribution is -2.60. The summed E-state index contributed by atoms with van der Waals surface area (Å²) in [5.74, 6) is -6.21. The van der Waals surface area contributed by atoms with Crippen molar-refractivity contribution in [1.82, 2.24) is 16.0 Å². The third-order valence-electron chi connectivity index (χ3n) is 4.95. The predicted octanol–water partition coefficient (Wildman–Crippen LogP) is -3.58. The molecule has 0 heterocycles. The molecule has 11 N–H and O–H groups in total. The van der Waals surface area contributed by atoms with Crippen molar-refractivity contribution in [3.8, 4) is 0 Å². The van der Waals surface area contributed by atoms with Crippen LogP contribution in [-0.4, -0.2) is 76.0 Å². The van der Waals surface area contributed by atoms with Crippen molar-refractivity contribution < 1.29 is 39.0 Å². The van der Waals surface area contributed by atoms with Crippen LogP contribution >= 0.6 is 0 Å². The van der Waals surface area contributed by atoms with Crippen molar-refractivity contribution >= 4 is 35.5 Å². The molecule has 0 saturated heterocycles. The first-order chi connectivity index (χ1) is 15.2. The number of carbonyl (C=O) groups is 6. The van der Waals surface area contributed by atoms with Gasteiger partial charge in [-0.15, -0.1) is 0 Å². The normalized spacial score (nSPS) is 16.3. The van der Waals surface area contributed by atoms with Gasteiger partial charge in [0.05, 0.1) is 18.6 Å². The molecule has 6 atom stereocenters. The van der Waals surface area contributed by atoms with Gasteiger partial charge in [0.1, 0.15) is 18.1 Å². The fourth-order valence-electron chi connectivity index (χ4n) is 2.66. The maximum Gasteiger partial charge on any atom is 0.326 e. The maximum absolute atomic E-state index is 12.8. The number of hydrogen-bond donors (Lipinski definition) is 8. The molecule has 33 heavy (non-hydrogen) atoms. The largest absolute Gasteiger partial charge is 0.480 e.